The summed E-state index contributed by atoms with van der Waals surface area (Å²) >= 11 is 1.40. The Morgan fingerprint density at radius 1 is 1.09 bits per heavy atom. The van der Waals surface area contributed by atoms with Gasteiger partial charge in [-0.3, -0.25) is 4.79 Å². The number of anilines is 1. The molecule has 3 aromatic rings. The molecule has 6 nitrogen and oxygen atoms in total. The molecule has 0 saturated heterocycles. The fourth-order valence-electron chi connectivity index (χ4n) is 3.92. The van der Waals surface area contributed by atoms with Crippen molar-refractivity contribution in [1.82, 2.24) is 14.8 Å². The van der Waals surface area contributed by atoms with Crippen molar-refractivity contribution in [1.29, 1.82) is 0 Å². The Balaban J connectivity index is 1.39. The summed E-state index contributed by atoms with van der Waals surface area (Å²) in [5.41, 5.74) is 4.17. The van der Waals surface area contributed by atoms with E-state index in [-0.39, 0.29) is 11.7 Å². The van der Waals surface area contributed by atoms with Crippen LogP contribution < -0.4 is 10.1 Å². The lowest BCUT2D eigenvalue weighted by atomic mass is 10.1. The summed E-state index contributed by atoms with van der Waals surface area (Å²) in [5, 5.41) is 12.4. The van der Waals surface area contributed by atoms with Crippen LogP contribution in [0.5, 0.6) is 5.75 Å². The lowest BCUT2D eigenvalue weighted by Crippen LogP contribution is -2.14. The minimum Gasteiger partial charge on any atom is -0.490 e. The largest absolute Gasteiger partial charge is 0.490 e. The first-order chi connectivity index (χ1) is 15.5. The summed E-state index contributed by atoms with van der Waals surface area (Å²) < 4.78 is 8.11. The van der Waals surface area contributed by atoms with Crippen LogP contribution in [0.4, 0.5) is 5.69 Å². The normalized spacial score (nSPS) is 14.0. The summed E-state index contributed by atoms with van der Waals surface area (Å²) in [7, 11) is 0. The second-order valence-electron chi connectivity index (χ2n) is 8.24. The monoisotopic (exact) mass is 450 g/mol. The number of carbonyl (C=O) groups excluding carboxylic acids is 1. The molecule has 1 heterocycles. The maximum absolute atomic E-state index is 12.4. The Kier molecular flexibility index (Phi) is 7.15. The molecular formula is C25H30N4O2S. The van der Waals surface area contributed by atoms with E-state index in [9.17, 15) is 4.79 Å². The summed E-state index contributed by atoms with van der Waals surface area (Å²) in [6.45, 7) is 6.88. The van der Waals surface area contributed by atoms with Gasteiger partial charge in [-0.15, -0.1) is 10.2 Å². The molecule has 168 valence electrons. The first-order valence-corrected chi connectivity index (χ1v) is 12.2. The van der Waals surface area contributed by atoms with Gasteiger partial charge < -0.3 is 14.6 Å². The zero-order valence-electron chi connectivity index (χ0n) is 18.9. The Bertz CT molecular complexity index is 1070. The van der Waals surface area contributed by atoms with Crippen molar-refractivity contribution in [3.05, 3.63) is 53.6 Å². The standard InChI is InChI=1S/C25H30N4O2S/c1-4-29-24(19-10-13-22(14-11-19)31-21-7-5-6-8-21)27-28-25(29)32-16-23(30)26-20-12-9-17(2)18(3)15-20/h9-15,21H,4-8,16H2,1-3H3,(H,26,30). The molecule has 2 aromatic carbocycles. The predicted molar refractivity (Wildman–Crippen MR) is 129 cm³/mol. The molecule has 1 N–H and O–H groups in total. The van der Waals surface area contributed by atoms with Crippen LogP contribution in [0.25, 0.3) is 11.4 Å². The predicted octanol–water partition coefficient (Wildman–Crippen LogP) is 5.63. The maximum atomic E-state index is 12.4. The molecule has 7 heteroatoms. The van der Waals surface area contributed by atoms with Crippen LogP contribution in [0, 0.1) is 13.8 Å². The molecule has 1 saturated carbocycles. The van der Waals surface area contributed by atoms with E-state index >= 15 is 0 Å². The highest BCUT2D eigenvalue weighted by molar-refractivity contribution is 7.99. The molecule has 0 bridgehead atoms. The Labute approximate surface area is 193 Å². The van der Waals surface area contributed by atoms with Crippen molar-refractivity contribution >= 4 is 23.4 Å². The van der Waals surface area contributed by atoms with Crippen LogP contribution in [0.2, 0.25) is 0 Å². The van der Waals surface area contributed by atoms with E-state index in [0.29, 0.717) is 6.10 Å². The number of amides is 1. The summed E-state index contributed by atoms with van der Waals surface area (Å²) in [5.74, 6) is 1.93. The van der Waals surface area contributed by atoms with Crippen LogP contribution in [-0.2, 0) is 11.3 Å². The molecular weight excluding hydrogens is 420 g/mol. The highest BCUT2D eigenvalue weighted by atomic mass is 32.2. The molecule has 0 aliphatic heterocycles. The average molecular weight is 451 g/mol. The zero-order valence-corrected chi connectivity index (χ0v) is 19.7. The minimum absolute atomic E-state index is 0.0566. The first-order valence-electron chi connectivity index (χ1n) is 11.2. The fraction of sp³-hybridized carbons (Fsp3) is 0.400. The SMILES string of the molecule is CCn1c(SCC(=O)Nc2ccc(C)c(C)c2)nnc1-c1ccc(OC2CCCC2)cc1. The number of hydrogen-bond donors (Lipinski definition) is 1. The van der Waals surface area contributed by atoms with Crippen molar-refractivity contribution in [3.63, 3.8) is 0 Å². The number of hydrogen-bond acceptors (Lipinski definition) is 5. The van der Waals surface area contributed by atoms with Crippen LogP contribution >= 0.6 is 11.8 Å². The van der Waals surface area contributed by atoms with Crippen molar-refractivity contribution in [2.75, 3.05) is 11.1 Å². The van der Waals surface area contributed by atoms with Crippen LogP contribution in [-0.4, -0.2) is 32.5 Å². The molecule has 1 fully saturated rings. The average Bonchev–Trinajstić information content (AvgIpc) is 3.45. The third kappa shape index (κ3) is 5.33. The summed E-state index contributed by atoms with van der Waals surface area (Å²) in [6, 6.07) is 14.0. The van der Waals surface area contributed by atoms with E-state index in [4.69, 9.17) is 4.74 Å². The van der Waals surface area contributed by atoms with E-state index in [0.717, 1.165) is 52.9 Å². The van der Waals surface area contributed by atoms with E-state index in [1.165, 1.54) is 30.2 Å². The van der Waals surface area contributed by atoms with Crippen molar-refractivity contribution < 1.29 is 9.53 Å². The van der Waals surface area contributed by atoms with Gasteiger partial charge in [0.15, 0.2) is 11.0 Å². The van der Waals surface area contributed by atoms with Gasteiger partial charge >= 0.3 is 0 Å². The van der Waals surface area contributed by atoms with Gasteiger partial charge in [0, 0.05) is 17.8 Å². The fourth-order valence-corrected chi connectivity index (χ4v) is 4.72. The highest BCUT2D eigenvalue weighted by Gasteiger charge is 2.18. The number of benzene rings is 2. The van der Waals surface area contributed by atoms with Crippen LogP contribution in [0.15, 0.2) is 47.6 Å². The minimum atomic E-state index is -0.0566. The van der Waals surface area contributed by atoms with E-state index < -0.39 is 0 Å². The summed E-state index contributed by atoms with van der Waals surface area (Å²) in [6.07, 6.45) is 5.14. The number of carbonyl (C=O) groups is 1. The van der Waals surface area contributed by atoms with Gasteiger partial charge in [0.05, 0.1) is 11.9 Å². The number of rotatable bonds is 8. The van der Waals surface area contributed by atoms with Crippen molar-refractivity contribution in [2.45, 2.75) is 64.3 Å². The zero-order chi connectivity index (χ0) is 22.5. The van der Waals surface area contributed by atoms with E-state index in [1.54, 1.807) is 0 Å². The molecule has 4 rings (SSSR count). The van der Waals surface area contributed by atoms with Gasteiger partial charge in [-0.05, 0) is 94.0 Å². The second kappa shape index (κ2) is 10.2. The third-order valence-corrected chi connectivity index (χ3v) is 6.84. The van der Waals surface area contributed by atoms with E-state index in [2.05, 4.69) is 29.4 Å². The molecule has 0 atom stereocenters. The quantitative estimate of drug-likeness (QED) is 0.450. The second-order valence-corrected chi connectivity index (χ2v) is 9.18. The number of nitrogens with one attached hydrogen (secondary N) is 1. The topological polar surface area (TPSA) is 69.0 Å². The molecule has 1 aliphatic carbocycles. The molecule has 32 heavy (non-hydrogen) atoms. The summed E-state index contributed by atoms with van der Waals surface area (Å²) in [4.78, 5) is 12.4. The lowest BCUT2D eigenvalue weighted by molar-refractivity contribution is -0.113. The van der Waals surface area contributed by atoms with Crippen LogP contribution in [0.1, 0.15) is 43.7 Å². The number of thioether (sulfide) groups is 1. The Morgan fingerprint density at radius 2 is 1.84 bits per heavy atom. The number of nitrogens with zero attached hydrogens (tertiary/aromatic N) is 3. The van der Waals surface area contributed by atoms with E-state index in [1.807, 2.05) is 54.0 Å². The number of ether oxygens (including phenoxy) is 1. The molecule has 1 aliphatic rings. The van der Waals surface area contributed by atoms with Gasteiger partial charge in [0.25, 0.3) is 0 Å². The van der Waals surface area contributed by atoms with Crippen LogP contribution in [0.3, 0.4) is 0 Å². The van der Waals surface area contributed by atoms with Gasteiger partial charge in [-0.2, -0.15) is 0 Å². The molecule has 0 unspecified atom stereocenters. The Hall–Kier alpha value is -2.80. The smallest absolute Gasteiger partial charge is 0.234 e. The Morgan fingerprint density at radius 3 is 2.53 bits per heavy atom. The first kappa shape index (κ1) is 22.4. The van der Waals surface area contributed by atoms with Gasteiger partial charge in [-0.25, -0.2) is 0 Å². The maximum Gasteiger partial charge on any atom is 0.234 e. The van der Waals surface area contributed by atoms with Gasteiger partial charge in [0.2, 0.25) is 5.91 Å². The lowest BCUT2D eigenvalue weighted by Gasteiger charge is -2.13. The third-order valence-electron chi connectivity index (χ3n) is 5.87. The molecule has 1 amide bonds. The molecule has 1 aromatic heterocycles. The van der Waals surface area contributed by atoms with Crippen molar-refractivity contribution in [2.24, 2.45) is 0 Å². The number of aromatic nitrogens is 3. The highest BCUT2D eigenvalue weighted by Crippen LogP contribution is 2.28. The van der Waals surface area contributed by atoms with Gasteiger partial charge in [-0.1, -0.05) is 17.8 Å². The molecule has 0 radical (unpaired) electrons. The van der Waals surface area contributed by atoms with Gasteiger partial charge in [0.1, 0.15) is 5.75 Å². The van der Waals surface area contributed by atoms with Crippen molar-refractivity contribution in [3.8, 4) is 17.1 Å². The number of aryl methyl sites for hydroxylation is 2. The molecule has 0 spiro atoms.